The molecular formula is C27H21Br. The molecule has 0 saturated carbocycles. The Hall–Kier alpha value is -2.64. The van der Waals surface area contributed by atoms with Gasteiger partial charge in [0, 0.05) is 4.47 Å². The van der Waals surface area contributed by atoms with E-state index in [0.717, 1.165) is 4.47 Å². The van der Waals surface area contributed by atoms with Crippen molar-refractivity contribution in [1.29, 1.82) is 0 Å². The quantitative estimate of drug-likeness (QED) is 0.233. The monoisotopic (exact) mass is 424 g/mol. The van der Waals surface area contributed by atoms with E-state index >= 15 is 0 Å². The van der Waals surface area contributed by atoms with Crippen LogP contribution in [-0.4, -0.2) is 0 Å². The zero-order chi connectivity index (χ0) is 19.3. The average Bonchev–Trinajstić information content (AvgIpc) is 3.22. The summed E-state index contributed by atoms with van der Waals surface area (Å²) < 4.78 is 1.13. The van der Waals surface area contributed by atoms with E-state index < -0.39 is 0 Å². The molecule has 0 N–H and O–H groups in total. The predicted octanol–water partition coefficient (Wildman–Crippen LogP) is 7.82. The predicted molar refractivity (Wildman–Crippen MR) is 122 cm³/mol. The highest BCUT2D eigenvalue weighted by Gasteiger charge is 2.51. The van der Waals surface area contributed by atoms with Gasteiger partial charge in [-0.2, -0.15) is 0 Å². The Bertz CT molecular complexity index is 1160. The van der Waals surface area contributed by atoms with Crippen molar-refractivity contribution in [2.45, 2.75) is 19.3 Å². The van der Waals surface area contributed by atoms with Crippen LogP contribution in [0.25, 0.3) is 22.3 Å². The topological polar surface area (TPSA) is 0 Å². The first-order chi connectivity index (χ1) is 13.8. The Kier molecular flexibility index (Phi) is 4.03. The number of benzene rings is 4. The summed E-state index contributed by atoms with van der Waals surface area (Å²) in [6.45, 7) is 4.00. The fraction of sp³-hybridized carbons (Fsp3) is 0.111. The molecule has 4 aromatic rings. The van der Waals surface area contributed by atoms with Gasteiger partial charge in [0.2, 0.25) is 0 Å². The van der Waals surface area contributed by atoms with Gasteiger partial charge in [-0.25, -0.2) is 0 Å². The first-order valence-corrected chi connectivity index (χ1v) is 10.7. The minimum atomic E-state index is -0.209. The molecule has 4 aromatic carbocycles. The van der Waals surface area contributed by atoms with E-state index in [1.54, 1.807) is 0 Å². The number of fused-ring (bicyclic) bond motifs is 10. The normalized spacial score (nSPS) is 13.8. The Balaban J connectivity index is 0.000000829. The van der Waals surface area contributed by atoms with Crippen molar-refractivity contribution in [3.05, 3.63) is 118 Å². The summed E-state index contributed by atoms with van der Waals surface area (Å²) in [6.07, 6.45) is 0. The van der Waals surface area contributed by atoms with Gasteiger partial charge in [-0.1, -0.05) is 109 Å². The van der Waals surface area contributed by atoms with E-state index in [2.05, 4.69) is 107 Å². The maximum absolute atomic E-state index is 3.68. The molecular weight excluding hydrogens is 404 g/mol. The van der Waals surface area contributed by atoms with Crippen molar-refractivity contribution in [2.24, 2.45) is 0 Å². The number of rotatable bonds is 0. The van der Waals surface area contributed by atoms with Crippen molar-refractivity contribution in [3.8, 4) is 22.3 Å². The zero-order valence-electron chi connectivity index (χ0n) is 16.0. The summed E-state index contributed by atoms with van der Waals surface area (Å²) in [5, 5.41) is 0. The third-order valence-electron chi connectivity index (χ3n) is 5.96. The van der Waals surface area contributed by atoms with Gasteiger partial charge in [0.25, 0.3) is 0 Å². The van der Waals surface area contributed by atoms with Crippen LogP contribution in [0.5, 0.6) is 0 Å². The van der Waals surface area contributed by atoms with Gasteiger partial charge in [0.15, 0.2) is 0 Å². The van der Waals surface area contributed by atoms with Crippen LogP contribution in [0.4, 0.5) is 0 Å². The van der Waals surface area contributed by atoms with E-state index in [4.69, 9.17) is 0 Å². The molecule has 0 nitrogen and oxygen atoms in total. The van der Waals surface area contributed by atoms with Crippen molar-refractivity contribution in [2.75, 3.05) is 0 Å². The first-order valence-electron chi connectivity index (χ1n) is 9.91. The molecule has 0 heterocycles. The second kappa shape index (κ2) is 6.46. The molecule has 2 aliphatic rings. The SMILES string of the molecule is Brc1ccc2c(c1)-c1ccccc1C21c2ccccc2-c2ccccc21.CC. The highest BCUT2D eigenvalue weighted by molar-refractivity contribution is 9.10. The maximum atomic E-state index is 3.68. The van der Waals surface area contributed by atoms with Crippen LogP contribution in [0.1, 0.15) is 36.1 Å². The molecule has 0 unspecified atom stereocenters. The van der Waals surface area contributed by atoms with Crippen LogP contribution in [0.3, 0.4) is 0 Å². The van der Waals surface area contributed by atoms with Gasteiger partial charge >= 0.3 is 0 Å². The summed E-state index contributed by atoms with van der Waals surface area (Å²) in [5.74, 6) is 0. The smallest absolute Gasteiger partial charge is 0.0683 e. The third-order valence-corrected chi connectivity index (χ3v) is 6.45. The second-order valence-electron chi connectivity index (χ2n) is 7.08. The molecule has 6 rings (SSSR count). The number of hydrogen-bond donors (Lipinski definition) is 0. The van der Waals surface area contributed by atoms with Crippen LogP contribution < -0.4 is 0 Å². The van der Waals surface area contributed by atoms with Crippen LogP contribution in [0.2, 0.25) is 0 Å². The summed E-state index contributed by atoms with van der Waals surface area (Å²) in [6, 6.07) is 33.4. The molecule has 28 heavy (non-hydrogen) atoms. The lowest BCUT2D eigenvalue weighted by Gasteiger charge is -2.30. The largest absolute Gasteiger partial charge is 0.0725 e. The molecule has 1 heteroatoms. The van der Waals surface area contributed by atoms with Gasteiger partial charge in [-0.15, -0.1) is 0 Å². The van der Waals surface area contributed by atoms with E-state index in [1.807, 2.05) is 13.8 Å². The van der Waals surface area contributed by atoms with Crippen LogP contribution in [-0.2, 0) is 5.41 Å². The molecule has 136 valence electrons. The fourth-order valence-electron chi connectivity index (χ4n) is 5.07. The summed E-state index contributed by atoms with van der Waals surface area (Å²) in [4.78, 5) is 0. The molecule has 1 spiro atoms. The third kappa shape index (κ3) is 2.06. The molecule has 0 aromatic heterocycles. The Labute approximate surface area is 175 Å². The lowest BCUT2D eigenvalue weighted by atomic mass is 9.70. The minimum absolute atomic E-state index is 0.209. The Morgan fingerprint density at radius 2 is 0.893 bits per heavy atom. The van der Waals surface area contributed by atoms with E-state index in [-0.39, 0.29) is 5.41 Å². The standard InChI is InChI=1S/C25H15Br.C2H6/c26-16-13-14-24-20(15-16)19-9-3-6-12-23(19)25(24)21-10-4-1-7-17(21)18-8-2-5-11-22(18)25;1-2/h1-15H;1-2H3. The Morgan fingerprint density at radius 1 is 0.500 bits per heavy atom. The molecule has 0 bridgehead atoms. The molecule has 0 atom stereocenters. The van der Waals surface area contributed by atoms with Crippen LogP contribution >= 0.6 is 15.9 Å². The van der Waals surface area contributed by atoms with Crippen LogP contribution in [0, 0.1) is 0 Å². The lowest BCUT2D eigenvalue weighted by Crippen LogP contribution is -2.25. The number of halogens is 1. The van der Waals surface area contributed by atoms with Gasteiger partial charge in [-0.3, -0.25) is 0 Å². The molecule has 0 aliphatic heterocycles. The van der Waals surface area contributed by atoms with Crippen molar-refractivity contribution < 1.29 is 0 Å². The Morgan fingerprint density at radius 3 is 1.39 bits per heavy atom. The van der Waals surface area contributed by atoms with Crippen molar-refractivity contribution in [3.63, 3.8) is 0 Å². The summed E-state index contributed by atoms with van der Waals surface area (Å²) >= 11 is 3.68. The average molecular weight is 425 g/mol. The fourth-order valence-corrected chi connectivity index (χ4v) is 5.43. The van der Waals surface area contributed by atoms with E-state index in [1.165, 1.54) is 44.5 Å². The van der Waals surface area contributed by atoms with Gasteiger partial charge in [-0.05, 0) is 56.6 Å². The molecule has 0 fully saturated rings. The van der Waals surface area contributed by atoms with Gasteiger partial charge in [0.1, 0.15) is 0 Å². The lowest BCUT2D eigenvalue weighted by molar-refractivity contribution is 0.793. The van der Waals surface area contributed by atoms with Crippen molar-refractivity contribution in [1.82, 2.24) is 0 Å². The molecule has 0 saturated heterocycles. The van der Waals surface area contributed by atoms with Crippen molar-refractivity contribution >= 4 is 15.9 Å². The molecule has 0 amide bonds. The second-order valence-corrected chi connectivity index (χ2v) is 7.99. The minimum Gasteiger partial charge on any atom is -0.0683 e. The first kappa shape index (κ1) is 17.5. The van der Waals surface area contributed by atoms with Gasteiger partial charge < -0.3 is 0 Å². The van der Waals surface area contributed by atoms with E-state index in [0.29, 0.717) is 0 Å². The number of hydrogen-bond acceptors (Lipinski definition) is 0. The highest BCUT2D eigenvalue weighted by Crippen LogP contribution is 2.62. The summed E-state index contributed by atoms with van der Waals surface area (Å²) in [5.41, 5.74) is 10.8. The van der Waals surface area contributed by atoms with Crippen LogP contribution in [0.15, 0.2) is 95.5 Å². The van der Waals surface area contributed by atoms with Gasteiger partial charge in [0.05, 0.1) is 5.41 Å². The zero-order valence-corrected chi connectivity index (χ0v) is 17.6. The highest BCUT2D eigenvalue weighted by atomic mass is 79.9. The van der Waals surface area contributed by atoms with E-state index in [9.17, 15) is 0 Å². The summed E-state index contributed by atoms with van der Waals surface area (Å²) in [7, 11) is 0. The molecule has 0 radical (unpaired) electrons. The maximum Gasteiger partial charge on any atom is 0.0725 e. The molecule has 2 aliphatic carbocycles.